The topological polar surface area (TPSA) is 44.7 Å². The van der Waals surface area contributed by atoms with Crippen molar-refractivity contribution in [1.82, 2.24) is 10.2 Å². The quantitative estimate of drug-likeness (QED) is 0.641. The number of hydrogen-bond acceptors (Lipinski definition) is 4. The van der Waals surface area contributed by atoms with Crippen molar-refractivity contribution >= 4 is 0 Å². The van der Waals surface area contributed by atoms with Crippen molar-refractivity contribution < 1.29 is 9.84 Å². The molecule has 1 heterocycles. The molecule has 0 amide bonds. The number of hydrogen-bond donors (Lipinski definition) is 2. The SMILES string of the molecule is CNC(CO)CN1CCCC(OC)C1. The minimum atomic E-state index is 0.186. The van der Waals surface area contributed by atoms with Gasteiger partial charge in [-0.2, -0.15) is 0 Å². The highest BCUT2D eigenvalue weighted by Gasteiger charge is 2.21. The predicted molar refractivity (Wildman–Crippen MR) is 56.4 cm³/mol. The number of aliphatic hydroxyl groups excluding tert-OH is 1. The van der Waals surface area contributed by atoms with E-state index in [0.717, 1.165) is 26.1 Å². The fourth-order valence-corrected chi connectivity index (χ4v) is 1.92. The van der Waals surface area contributed by atoms with Gasteiger partial charge in [-0.1, -0.05) is 0 Å². The molecule has 0 aromatic heterocycles. The molecule has 14 heavy (non-hydrogen) atoms. The molecule has 0 aliphatic carbocycles. The highest BCUT2D eigenvalue weighted by atomic mass is 16.5. The average molecular weight is 202 g/mol. The lowest BCUT2D eigenvalue weighted by atomic mass is 10.1. The lowest BCUT2D eigenvalue weighted by Gasteiger charge is -2.33. The van der Waals surface area contributed by atoms with Gasteiger partial charge < -0.3 is 15.2 Å². The Morgan fingerprint density at radius 2 is 2.43 bits per heavy atom. The summed E-state index contributed by atoms with van der Waals surface area (Å²) in [5.41, 5.74) is 0. The molecule has 0 radical (unpaired) electrons. The minimum absolute atomic E-state index is 0.186. The predicted octanol–water partition coefficient (Wildman–Crippen LogP) is -0.323. The van der Waals surface area contributed by atoms with Crippen LogP contribution in [0.15, 0.2) is 0 Å². The van der Waals surface area contributed by atoms with Crippen LogP contribution in [0.1, 0.15) is 12.8 Å². The summed E-state index contributed by atoms with van der Waals surface area (Å²) in [5, 5.41) is 12.2. The maximum Gasteiger partial charge on any atom is 0.0698 e. The first-order valence-corrected chi connectivity index (χ1v) is 5.33. The number of nitrogens with zero attached hydrogens (tertiary/aromatic N) is 1. The molecule has 84 valence electrons. The number of methoxy groups -OCH3 is 1. The molecule has 2 unspecified atom stereocenters. The van der Waals surface area contributed by atoms with Crippen LogP contribution >= 0.6 is 0 Å². The second-order valence-corrected chi connectivity index (χ2v) is 3.93. The van der Waals surface area contributed by atoms with Gasteiger partial charge in [-0.25, -0.2) is 0 Å². The monoisotopic (exact) mass is 202 g/mol. The Balaban J connectivity index is 2.29. The van der Waals surface area contributed by atoms with Gasteiger partial charge in [-0.3, -0.25) is 4.90 Å². The van der Waals surface area contributed by atoms with E-state index in [4.69, 9.17) is 9.84 Å². The van der Waals surface area contributed by atoms with E-state index in [9.17, 15) is 0 Å². The number of rotatable bonds is 5. The molecule has 0 aromatic rings. The van der Waals surface area contributed by atoms with E-state index >= 15 is 0 Å². The summed E-state index contributed by atoms with van der Waals surface area (Å²) in [6.07, 6.45) is 2.73. The second-order valence-electron chi connectivity index (χ2n) is 3.93. The molecule has 4 heteroatoms. The molecule has 0 saturated carbocycles. The molecule has 2 N–H and O–H groups in total. The fraction of sp³-hybridized carbons (Fsp3) is 1.00. The number of piperidine rings is 1. The van der Waals surface area contributed by atoms with Crippen molar-refractivity contribution in [2.24, 2.45) is 0 Å². The number of aliphatic hydroxyl groups is 1. The summed E-state index contributed by atoms with van der Waals surface area (Å²) in [7, 11) is 3.66. The fourth-order valence-electron chi connectivity index (χ4n) is 1.92. The van der Waals surface area contributed by atoms with Crippen molar-refractivity contribution in [2.45, 2.75) is 25.0 Å². The first-order valence-electron chi connectivity index (χ1n) is 5.33. The first kappa shape index (κ1) is 11.9. The summed E-state index contributed by atoms with van der Waals surface area (Å²) in [5.74, 6) is 0. The Labute approximate surface area is 86.2 Å². The standard InChI is InChI=1S/C10H22N2O2/c1-11-9(8-13)6-12-5-3-4-10(7-12)14-2/h9-11,13H,3-8H2,1-2H3. The lowest BCUT2D eigenvalue weighted by Crippen LogP contribution is -2.47. The van der Waals surface area contributed by atoms with Crippen molar-refractivity contribution in [3.63, 3.8) is 0 Å². The van der Waals surface area contributed by atoms with Gasteiger partial charge in [0.15, 0.2) is 0 Å². The largest absolute Gasteiger partial charge is 0.395 e. The molecule has 1 aliphatic rings. The normalized spacial score (nSPS) is 26.4. The van der Waals surface area contributed by atoms with Crippen LogP contribution in [0.5, 0.6) is 0 Å². The third-order valence-electron chi connectivity index (χ3n) is 2.90. The van der Waals surface area contributed by atoms with Gasteiger partial charge in [-0.15, -0.1) is 0 Å². The van der Waals surface area contributed by atoms with E-state index in [0.29, 0.717) is 6.10 Å². The summed E-state index contributed by atoms with van der Waals surface area (Å²) >= 11 is 0. The third kappa shape index (κ3) is 3.53. The van der Waals surface area contributed by atoms with Crippen molar-refractivity contribution in [3.8, 4) is 0 Å². The molecular formula is C10H22N2O2. The molecule has 0 aromatic carbocycles. The van der Waals surface area contributed by atoms with Gasteiger partial charge in [0, 0.05) is 26.2 Å². The van der Waals surface area contributed by atoms with Crippen LogP contribution in [0.2, 0.25) is 0 Å². The molecule has 0 spiro atoms. The van der Waals surface area contributed by atoms with Crippen LogP contribution in [-0.4, -0.2) is 62.6 Å². The van der Waals surface area contributed by atoms with E-state index in [1.807, 2.05) is 7.05 Å². The Bertz CT molecular complexity index is 151. The van der Waals surface area contributed by atoms with Crippen LogP contribution in [0, 0.1) is 0 Å². The number of likely N-dealkylation sites (N-methyl/N-ethyl adjacent to an activating group) is 1. The second kappa shape index (κ2) is 6.35. The van der Waals surface area contributed by atoms with Crippen LogP contribution in [0.3, 0.4) is 0 Å². The maximum absolute atomic E-state index is 9.06. The maximum atomic E-state index is 9.06. The summed E-state index contributed by atoms with van der Waals surface area (Å²) in [6.45, 7) is 3.23. The van der Waals surface area contributed by atoms with Crippen molar-refractivity contribution in [3.05, 3.63) is 0 Å². The van der Waals surface area contributed by atoms with Gasteiger partial charge in [0.25, 0.3) is 0 Å². The minimum Gasteiger partial charge on any atom is -0.395 e. The zero-order valence-electron chi connectivity index (χ0n) is 9.20. The van der Waals surface area contributed by atoms with E-state index in [2.05, 4.69) is 10.2 Å². The lowest BCUT2D eigenvalue weighted by molar-refractivity contribution is 0.0257. The first-order chi connectivity index (χ1) is 6.80. The number of ether oxygens (including phenoxy) is 1. The van der Waals surface area contributed by atoms with Crippen LogP contribution in [0.25, 0.3) is 0 Å². The smallest absolute Gasteiger partial charge is 0.0698 e. The van der Waals surface area contributed by atoms with Gasteiger partial charge in [0.1, 0.15) is 0 Å². The number of likely N-dealkylation sites (tertiary alicyclic amines) is 1. The van der Waals surface area contributed by atoms with Crippen LogP contribution in [-0.2, 0) is 4.74 Å². The Hall–Kier alpha value is -0.160. The average Bonchev–Trinajstić information content (AvgIpc) is 2.26. The summed E-state index contributed by atoms with van der Waals surface area (Å²) in [6, 6.07) is 0.186. The van der Waals surface area contributed by atoms with E-state index in [-0.39, 0.29) is 12.6 Å². The molecule has 2 atom stereocenters. The Morgan fingerprint density at radius 3 is 3.00 bits per heavy atom. The summed E-state index contributed by atoms with van der Waals surface area (Å²) in [4.78, 5) is 2.36. The van der Waals surface area contributed by atoms with Crippen molar-refractivity contribution in [2.75, 3.05) is 40.4 Å². The molecular weight excluding hydrogens is 180 g/mol. The molecule has 1 aliphatic heterocycles. The van der Waals surface area contributed by atoms with Crippen LogP contribution in [0.4, 0.5) is 0 Å². The van der Waals surface area contributed by atoms with Gasteiger partial charge in [-0.05, 0) is 26.4 Å². The third-order valence-corrected chi connectivity index (χ3v) is 2.90. The van der Waals surface area contributed by atoms with E-state index in [1.165, 1.54) is 6.42 Å². The molecule has 1 fully saturated rings. The molecule has 4 nitrogen and oxygen atoms in total. The zero-order valence-corrected chi connectivity index (χ0v) is 9.20. The summed E-state index contributed by atoms with van der Waals surface area (Å²) < 4.78 is 5.35. The molecule has 1 rings (SSSR count). The Morgan fingerprint density at radius 1 is 1.64 bits per heavy atom. The van der Waals surface area contributed by atoms with Crippen molar-refractivity contribution in [1.29, 1.82) is 0 Å². The molecule has 0 bridgehead atoms. The van der Waals surface area contributed by atoms with Gasteiger partial charge in [0.2, 0.25) is 0 Å². The van der Waals surface area contributed by atoms with Crippen LogP contribution < -0.4 is 5.32 Å². The van der Waals surface area contributed by atoms with E-state index < -0.39 is 0 Å². The Kier molecular flexibility index (Phi) is 5.40. The van der Waals surface area contributed by atoms with Gasteiger partial charge >= 0.3 is 0 Å². The highest BCUT2D eigenvalue weighted by Crippen LogP contribution is 2.12. The zero-order chi connectivity index (χ0) is 10.4. The van der Waals surface area contributed by atoms with Gasteiger partial charge in [0.05, 0.1) is 12.7 Å². The number of nitrogens with one attached hydrogen (secondary N) is 1. The molecule has 1 saturated heterocycles. The van der Waals surface area contributed by atoms with E-state index in [1.54, 1.807) is 7.11 Å². The highest BCUT2D eigenvalue weighted by molar-refractivity contribution is 4.77.